The number of hydrogen-bond acceptors (Lipinski definition) is 2. The van der Waals surface area contributed by atoms with Crippen molar-refractivity contribution < 1.29 is 4.79 Å². The van der Waals surface area contributed by atoms with Crippen LogP contribution in [0.1, 0.15) is 52.9 Å². The van der Waals surface area contributed by atoms with Gasteiger partial charge in [0, 0.05) is 6.04 Å². The number of carbonyl (C=O) groups is 1. The molecule has 16 heavy (non-hydrogen) atoms. The summed E-state index contributed by atoms with van der Waals surface area (Å²) in [5.74, 6) is 0.897. The molecule has 3 N–H and O–H groups in total. The van der Waals surface area contributed by atoms with Crippen LogP contribution in [0.15, 0.2) is 0 Å². The van der Waals surface area contributed by atoms with Crippen LogP contribution in [0.2, 0.25) is 0 Å². The Morgan fingerprint density at radius 1 is 1.44 bits per heavy atom. The van der Waals surface area contributed by atoms with Gasteiger partial charge in [-0.15, -0.1) is 0 Å². The molecule has 3 unspecified atom stereocenters. The lowest BCUT2D eigenvalue weighted by Gasteiger charge is -2.31. The molecule has 1 amide bonds. The molecule has 1 fully saturated rings. The van der Waals surface area contributed by atoms with Crippen molar-refractivity contribution in [2.24, 2.45) is 17.6 Å². The summed E-state index contributed by atoms with van der Waals surface area (Å²) in [7, 11) is 0. The van der Waals surface area contributed by atoms with Gasteiger partial charge in [-0.3, -0.25) is 4.79 Å². The van der Waals surface area contributed by atoms with Gasteiger partial charge in [-0.25, -0.2) is 0 Å². The highest BCUT2D eigenvalue weighted by atomic mass is 16.2. The van der Waals surface area contributed by atoms with Gasteiger partial charge in [0.05, 0.1) is 6.04 Å². The Morgan fingerprint density at radius 2 is 2.06 bits per heavy atom. The van der Waals surface area contributed by atoms with Gasteiger partial charge in [0.1, 0.15) is 0 Å². The van der Waals surface area contributed by atoms with Crippen LogP contribution in [-0.4, -0.2) is 18.0 Å². The molecule has 4 atom stereocenters. The second-order valence-electron chi connectivity index (χ2n) is 5.29. The second-order valence-corrected chi connectivity index (χ2v) is 5.29. The normalized spacial score (nSPS) is 29.5. The highest BCUT2D eigenvalue weighted by Crippen LogP contribution is 2.23. The Bertz CT molecular complexity index is 230. The third kappa shape index (κ3) is 3.48. The molecule has 1 aliphatic rings. The standard InChI is InChI=1S/C13H26N2O/c1-4-9(2)12(14)13(16)15-11-8-6-5-7-10(11)3/h9-12H,4-8,14H2,1-3H3,(H,15,16)/t9?,10?,11?,12-/m0/s1. The molecule has 0 heterocycles. The highest BCUT2D eigenvalue weighted by molar-refractivity contribution is 5.82. The van der Waals surface area contributed by atoms with E-state index in [1.54, 1.807) is 0 Å². The first-order chi connectivity index (χ1) is 7.56. The van der Waals surface area contributed by atoms with Crippen LogP contribution in [0, 0.1) is 11.8 Å². The fraction of sp³-hybridized carbons (Fsp3) is 0.923. The van der Waals surface area contributed by atoms with Crippen molar-refractivity contribution in [1.82, 2.24) is 5.32 Å². The van der Waals surface area contributed by atoms with Crippen LogP contribution < -0.4 is 11.1 Å². The van der Waals surface area contributed by atoms with Gasteiger partial charge in [-0.1, -0.05) is 40.0 Å². The summed E-state index contributed by atoms with van der Waals surface area (Å²) in [4.78, 5) is 11.9. The van der Waals surface area contributed by atoms with Gasteiger partial charge < -0.3 is 11.1 Å². The molecule has 0 aromatic rings. The van der Waals surface area contributed by atoms with Crippen molar-refractivity contribution in [1.29, 1.82) is 0 Å². The van der Waals surface area contributed by atoms with Crippen molar-refractivity contribution in [3.63, 3.8) is 0 Å². The molecule has 1 aliphatic carbocycles. The van der Waals surface area contributed by atoms with E-state index in [2.05, 4.69) is 19.2 Å². The van der Waals surface area contributed by atoms with Crippen LogP contribution in [-0.2, 0) is 4.79 Å². The van der Waals surface area contributed by atoms with Crippen molar-refractivity contribution in [3.8, 4) is 0 Å². The summed E-state index contributed by atoms with van der Waals surface area (Å²) >= 11 is 0. The quantitative estimate of drug-likeness (QED) is 0.771. The lowest BCUT2D eigenvalue weighted by atomic mass is 9.85. The molecule has 1 saturated carbocycles. The van der Waals surface area contributed by atoms with Gasteiger partial charge in [0.2, 0.25) is 5.91 Å². The van der Waals surface area contributed by atoms with E-state index in [1.807, 2.05) is 6.92 Å². The Kier molecular flexibility index (Phi) is 5.26. The Hall–Kier alpha value is -0.570. The molecule has 94 valence electrons. The lowest BCUT2D eigenvalue weighted by Crippen LogP contribution is -2.50. The zero-order valence-corrected chi connectivity index (χ0v) is 10.8. The van der Waals surface area contributed by atoms with Crippen molar-refractivity contribution >= 4 is 5.91 Å². The molecule has 0 aromatic carbocycles. The summed E-state index contributed by atoms with van der Waals surface area (Å²) in [6.45, 7) is 6.33. The largest absolute Gasteiger partial charge is 0.352 e. The van der Waals surface area contributed by atoms with Crippen molar-refractivity contribution in [3.05, 3.63) is 0 Å². The third-order valence-corrected chi connectivity index (χ3v) is 4.00. The minimum atomic E-state index is -0.348. The van der Waals surface area contributed by atoms with E-state index in [0.29, 0.717) is 12.0 Å². The van der Waals surface area contributed by atoms with Crippen molar-refractivity contribution in [2.45, 2.75) is 65.0 Å². The van der Waals surface area contributed by atoms with E-state index in [0.717, 1.165) is 12.8 Å². The monoisotopic (exact) mass is 226 g/mol. The summed E-state index contributed by atoms with van der Waals surface area (Å²) < 4.78 is 0. The minimum Gasteiger partial charge on any atom is -0.352 e. The summed E-state index contributed by atoms with van der Waals surface area (Å²) in [6, 6.07) is -0.00418. The van der Waals surface area contributed by atoms with E-state index >= 15 is 0 Å². The lowest BCUT2D eigenvalue weighted by molar-refractivity contribution is -0.124. The van der Waals surface area contributed by atoms with Crippen LogP contribution in [0.4, 0.5) is 0 Å². The fourth-order valence-corrected chi connectivity index (χ4v) is 2.32. The third-order valence-electron chi connectivity index (χ3n) is 4.00. The topological polar surface area (TPSA) is 55.1 Å². The highest BCUT2D eigenvalue weighted by Gasteiger charge is 2.26. The Labute approximate surface area is 99.2 Å². The van der Waals surface area contributed by atoms with Gasteiger partial charge in [0.15, 0.2) is 0 Å². The van der Waals surface area contributed by atoms with Gasteiger partial charge in [0.25, 0.3) is 0 Å². The number of nitrogens with two attached hydrogens (primary N) is 1. The molecule has 1 rings (SSSR count). The number of rotatable bonds is 4. The summed E-state index contributed by atoms with van der Waals surface area (Å²) in [5, 5.41) is 3.12. The van der Waals surface area contributed by atoms with E-state index in [1.165, 1.54) is 19.3 Å². The molecule has 0 saturated heterocycles. The predicted molar refractivity (Wildman–Crippen MR) is 67.0 cm³/mol. The average Bonchev–Trinajstić information content (AvgIpc) is 2.30. The molecule has 3 heteroatoms. The van der Waals surface area contributed by atoms with Crippen LogP contribution >= 0.6 is 0 Å². The molecule has 0 aromatic heterocycles. The first-order valence-electron chi connectivity index (χ1n) is 6.62. The predicted octanol–water partition coefficient (Wildman–Crippen LogP) is 2.05. The first kappa shape index (κ1) is 13.5. The second kappa shape index (κ2) is 6.24. The molecule has 3 nitrogen and oxygen atoms in total. The summed E-state index contributed by atoms with van der Waals surface area (Å²) in [6.07, 6.45) is 5.82. The molecular formula is C13H26N2O. The Morgan fingerprint density at radius 3 is 2.62 bits per heavy atom. The van der Waals surface area contributed by atoms with Crippen LogP contribution in [0.5, 0.6) is 0 Å². The van der Waals surface area contributed by atoms with E-state index in [-0.39, 0.29) is 17.9 Å². The zero-order chi connectivity index (χ0) is 12.1. The maximum absolute atomic E-state index is 11.9. The minimum absolute atomic E-state index is 0.0353. The first-order valence-corrected chi connectivity index (χ1v) is 6.62. The summed E-state index contributed by atoms with van der Waals surface area (Å²) in [5.41, 5.74) is 5.92. The van der Waals surface area contributed by atoms with Crippen LogP contribution in [0.25, 0.3) is 0 Å². The molecule has 0 spiro atoms. The molecular weight excluding hydrogens is 200 g/mol. The average molecular weight is 226 g/mol. The number of amides is 1. The fourth-order valence-electron chi connectivity index (χ4n) is 2.32. The van der Waals surface area contributed by atoms with Gasteiger partial charge in [-0.05, 0) is 24.7 Å². The molecule has 0 bridgehead atoms. The number of carbonyl (C=O) groups excluding carboxylic acids is 1. The van der Waals surface area contributed by atoms with Crippen LogP contribution in [0.3, 0.4) is 0 Å². The smallest absolute Gasteiger partial charge is 0.237 e. The van der Waals surface area contributed by atoms with Gasteiger partial charge >= 0.3 is 0 Å². The maximum Gasteiger partial charge on any atom is 0.237 e. The van der Waals surface area contributed by atoms with E-state index in [4.69, 9.17) is 5.73 Å². The van der Waals surface area contributed by atoms with Gasteiger partial charge in [-0.2, -0.15) is 0 Å². The SMILES string of the molecule is CCC(C)[C@H](N)C(=O)NC1CCCCC1C. The number of hydrogen-bond donors (Lipinski definition) is 2. The molecule has 0 aliphatic heterocycles. The molecule has 0 radical (unpaired) electrons. The van der Waals surface area contributed by atoms with E-state index in [9.17, 15) is 4.79 Å². The number of nitrogens with one attached hydrogen (secondary N) is 1. The zero-order valence-electron chi connectivity index (χ0n) is 10.8. The maximum atomic E-state index is 11.9. The Balaban J connectivity index is 2.43. The van der Waals surface area contributed by atoms with Crippen molar-refractivity contribution in [2.75, 3.05) is 0 Å². The van der Waals surface area contributed by atoms with E-state index < -0.39 is 0 Å².